The standard InChI is InChI=1S/C16H34O2Si/c1-15(2,3)17-19(18-16(4,5)6)13-12-14-10-8-7-9-11-14/h14,19H,7-13H2,1-6H3. The van der Waals surface area contributed by atoms with E-state index < -0.39 is 9.28 Å². The number of hydrogen-bond donors (Lipinski definition) is 0. The van der Waals surface area contributed by atoms with Crippen molar-refractivity contribution in [3.05, 3.63) is 0 Å². The van der Waals surface area contributed by atoms with E-state index in [1.165, 1.54) is 44.6 Å². The fraction of sp³-hybridized carbons (Fsp3) is 1.00. The summed E-state index contributed by atoms with van der Waals surface area (Å²) in [5.41, 5.74) is -0.149. The third-order valence-electron chi connectivity index (χ3n) is 3.51. The van der Waals surface area contributed by atoms with Crippen molar-refractivity contribution >= 4 is 9.28 Å². The van der Waals surface area contributed by atoms with Crippen LogP contribution in [0, 0.1) is 5.92 Å². The van der Waals surface area contributed by atoms with Gasteiger partial charge < -0.3 is 8.85 Å². The first-order chi connectivity index (χ1) is 8.66. The van der Waals surface area contributed by atoms with Gasteiger partial charge in [0.25, 0.3) is 0 Å². The van der Waals surface area contributed by atoms with Crippen molar-refractivity contribution in [2.75, 3.05) is 0 Å². The number of hydrogen-bond acceptors (Lipinski definition) is 2. The second-order valence-corrected chi connectivity index (χ2v) is 9.88. The van der Waals surface area contributed by atoms with E-state index >= 15 is 0 Å². The Bertz CT molecular complexity index is 230. The highest BCUT2D eigenvalue weighted by molar-refractivity contribution is 6.44. The van der Waals surface area contributed by atoms with Gasteiger partial charge in [-0.1, -0.05) is 32.1 Å². The zero-order valence-corrected chi connectivity index (χ0v) is 15.1. The molecule has 1 rings (SSSR count). The maximum Gasteiger partial charge on any atom is 0.322 e. The van der Waals surface area contributed by atoms with Gasteiger partial charge in [0.2, 0.25) is 0 Å². The van der Waals surface area contributed by atoms with Crippen LogP contribution in [0.5, 0.6) is 0 Å². The van der Waals surface area contributed by atoms with Gasteiger partial charge in [0.15, 0.2) is 0 Å². The second kappa shape index (κ2) is 7.23. The summed E-state index contributed by atoms with van der Waals surface area (Å²) < 4.78 is 12.4. The lowest BCUT2D eigenvalue weighted by Gasteiger charge is -2.33. The van der Waals surface area contributed by atoms with Crippen LogP contribution in [0.25, 0.3) is 0 Å². The third kappa shape index (κ3) is 8.82. The Balaban J connectivity index is 2.43. The summed E-state index contributed by atoms with van der Waals surface area (Å²) in [6.45, 7) is 12.8. The molecule has 3 heteroatoms. The van der Waals surface area contributed by atoms with Crippen LogP contribution in [-0.4, -0.2) is 20.5 Å². The molecule has 2 nitrogen and oxygen atoms in total. The van der Waals surface area contributed by atoms with Gasteiger partial charge in [-0.2, -0.15) is 0 Å². The van der Waals surface area contributed by atoms with Crippen molar-refractivity contribution in [1.29, 1.82) is 0 Å². The molecule has 0 spiro atoms. The van der Waals surface area contributed by atoms with E-state index in [0.717, 1.165) is 5.92 Å². The molecule has 1 saturated carbocycles. The highest BCUT2D eigenvalue weighted by atomic mass is 28.3. The van der Waals surface area contributed by atoms with Crippen LogP contribution in [0.15, 0.2) is 0 Å². The van der Waals surface area contributed by atoms with Gasteiger partial charge in [0, 0.05) is 11.2 Å². The van der Waals surface area contributed by atoms with Crippen molar-refractivity contribution < 1.29 is 8.85 Å². The minimum absolute atomic E-state index is 0.0747. The average Bonchev–Trinajstić information content (AvgIpc) is 2.23. The van der Waals surface area contributed by atoms with Gasteiger partial charge >= 0.3 is 9.28 Å². The molecule has 1 aliphatic carbocycles. The molecule has 0 aromatic heterocycles. The van der Waals surface area contributed by atoms with Crippen molar-refractivity contribution in [3.63, 3.8) is 0 Å². The van der Waals surface area contributed by atoms with Gasteiger partial charge in [0.1, 0.15) is 0 Å². The lowest BCUT2D eigenvalue weighted by molar-refractivity contribution is 0.0329. The van der Waals surface area contributed by atoms with Gasteiger partial charge in [-0.15, -0.1) is 0 Å². The zero-order valence-electron chi connectivity index (χ0n) is 13.9. The maximum atomic E-state index is 6.22. The highest BCUT2D eigenvalue weighted by Gasteiger charge is 2.27. The first-order valence-electron chi connectivity index (χ1n) is 8.01. The summed E-state index contributed by atoms with van der Waals surface area (Å²) in [7, 11) is -1.55. The quantitative estimate of drug-likeness (QED) is 0.675. The molecular weight excluding hydrogens is 252 g/mol. The van der Waals surface area contributed by atoms with E-state index in [9.17, 15) is 0 Å². The maximum absolute atomic E-state index is 6.22. The molecule has 0 aromatic rings. The first kappa shape index (κ1) is 17.2. The van der Waals surface area contributed by atoms with E-state index in [-0.39, 0.29) is 11.2 Å². The molecular formula is C16H34O2Si. The second-order valence-electron chi connectivity index (χ2n) is 7.97. The number of rotatable bonds is 5. The van der Waals surface area contributed by atoms with Crippen molar-refractivity contribution in [2.45, 2.75) is 97.3 Å². The van der Waals surface area contributed by atoms with Gasteiger partial charge in [-0.05, 0) is 59.9 Å². The molecule has 0 radical (unpaired) electrons. The lowest BCUT2D eigenvalue weighted by atomic mass is 9.88. The predicted molar refractivity (Wildman–Crippen MR) is 84.8 cm³/mol. The van der Waals surface area contributed by atoms with E-state index in [1.54, 1.807) is 0 Å². The van der Waals surface area contributed by atoms with E-state index in [4.69, 9.17) is 8.85 Å². The van der Waals surface area contributed by atoms with Crippen LogP contribution in [0.1, 0.15) is 80.1 Å². The molecule has 0 amide bonds. The fourth-order valence-corrected chi connectivity index (χ4v) is 5.38. The molecule has 0 aliphatic heterocycles. The summed E-state index contributed by atoms with van der Waals surface area (Å²) in [4.78, 5) is 0. The minimum atomic E-state index is -1.55. The fourth-order valence-electron chi connectivity index (χ4n) is 2.78. The average molecular weight is 287 g/mol. The molecule has 0 aromatic carbocycles. The lowest BCUT2D eigenvalue weighted by Crippen LogP contribution is -2.39. The van der Waals surface area contributed by atoms with E-state index in [2.05, 4.69) is 41.5 Å². The summed E-state index contributed by atoms with van der Waals surface area (Å²) in [5.74, 6) is 0.927. The molecule has 0 heterocycles. The Morgan fingerprint density at radius 3 is 1.74 bits per heavy atom. The molecule has 0 saturated heterocycles. The zero-order chi connectivity index (χ0) is 14.5. The monoisotopic (exact) mass is 286 g/mol. The Labute approximate surface area is 122 Å². The minimum Gasteiger partial charge on any atom is -0.392 e. The largest absolute Gasteiger partial charge is 0.392 e. The Morgan fingerprint density at radius 1 is 0.842 bits per heavy atom. The third-order valence-corrected chi connectivity index (χ3v) is 6.25. The summed E-state index contributed by atoms with van der Waals surface area (Å²) in [6.07, 6.45) is 8.45. The van der Waals surface area contributed by atoms with E-state index in [1.807, 2.05) is 0 Å². The SMILES string of the molecule is CC(C)(C)O[SiH](CCC1CCCCC1)OC(C)(C)C. The Morgan fingerprint density at radius 2 is 1.32 bits per heavy atom. The molecule has 1 fully saturated rings. The molecule has 19 heavy (non-hydrogen) atoms. The first-order valence-corrected chi connectivity index (χ1v) is 9.77. The molecule has 1 aliphatic rings. The summed E-state index contributed by atoms with van der Waals surface area (Å²) in [6, 6.07) is 1.17. The Hall–Kier alpha value is 0.137. The summed E-state index contributed by atoms with van der Waals surface area (Å²) >= 11 is 0. The Kier molecular flexibility index (Phi) is 6.54. The van der Waals surface area contributed by atoms with Crippen LogP contribution < -0.4 is 0 Å². The molecule has 114 valence electrons. The van der Waals surface area contributed by atoms with Gasteiger partial charge in [-0.3, -0.25) is 0 Å². The summed E-state index contributed by atoms with van der Waals surface area (Å²) in [5, 5.41) is 0. The molecule has 0 unspecified atom stereocenters. The van der Waals surface area contributed by atoms with Crippen molar-refractivity contribution in [2.24, 2.45) is 5.92 Å². The van der Waals surface area contributed by atoms with Crippen molar-refractivity contribution in [3.8, 4) is 0 Å². The van der Waals surface area contributed by atoms with Crippen LogP contribution in [-0.2, 0) is 8.85 Å². The van der Waals surface area contributed by atoms with Crippen LogP contribution >= 0.6 is 0 Å². The predicted octanol–water partition coefficient (Wildman–Crippen LogP) is 4.81. The van der Waals surface area contributed by atoms with Crippen LogP contribution in [0.4, 0.5) is 0 Å². The van der Waals surface area contributed by atoms with Gasteiger partial charge in [-0.25, -0.2) is 0 Å². The van der Waals surface area contributed by atoms with E-state index in [0.29, 0.717) is 0 Å². The normalized spacial score (nSPS) is 19.1. The molecule has 0 bridgehead atoms. The smallest absolute Gasteiger partial charge is 0.322 e. The molecule has 0 atom stereocenters. The molecule has 0 N–H and O–H groups in total. The highest BCUT2D eigenvalue weighted by Crippen LogP contribution is 2.29. The topological polar surface area (TPSA) is 18.5 Å². The van der Waals surface area contributed by atoms with Crippen LogP contribution in [0.3, 0.4) is 0 Å². The van der Waals surface area contributed by atoms with Gasteiger partial charge in [0.05, 0.1) is 0 Å². The van der Waals surface area contributed by atoms with Crippen LogP contribution in [0.2, 0.25) is 6.04 Å². The van der Waals surface area contributed by atoms with Crippen molar-refractivity contribution in [1.82, 2.24) is 0 Å².